The summed E-state index contributed by atoms with van der Waals surface area (Å²) in [5, 5.41) is 15.7. The van der Waals surface area contributed by atoms with Crippen molar-refractivity contribution in [2.75, 3.05) is 18.4 Å². The number of urea groups is 1. The van der Waals surface area contributed by atoms with E-state index in [-0.39, 0.29) is 17.9 Å². The second kappa shape index (κ2) is 10.1. The lowest BCUT2D eigenvalue weighted by Gasteiger charge is -2.31. The maximum atomic E-state index is 12.7. The van der Waals surface area contributed by atoms with E-state index in [9.17, 15) is 9.59 Å². The van der Waals surface area contributed by atoms with Gasteiger partial charge in [-0.25, -0.2) is 4.79 Å². The minimum atomic E-state index is -0.320. The second-order valence-corrected chi connectivity index (χ2v) is 9.28. The standard InChI is InChI=1S/C23H24ClN5O2S/c1-15-7-9-16(10-8-15)13-25-23(31)29-11-3-4-17(14-29)21-27-28-22(32-21)20(30)26-19-6-2-5-18(24)12-19/h2,5-10,12,17H,3-4,11,13-14H2,1H3,(H,25,31)(H,26,30)/t17-/m0/s1. The number of benzene rings is 2. The van der Waals surface area contributed by atoms with Crippen molar-refractivity contribution < 1.29 is 9.59 Å². The highest BCUT2D eigenvalue weighted by molar-refractivity contribution is 7.13. The summed E-state index contributed by atoms with van der Waals surface area (Å²) in [6.45, 7) is 3.80. The Morgan fingerprint density at radius 3 is 2.78 bits per heavy atom. The van der Waals surface area contributed by atoms with Gasteiger partial charge in [0.15, 0.2) is 0 Å². The zero-order valence-electron chi connectivity index (χ0n) is 17.7. The Balaban J connectivity index is 1.34. The first-order chi connectivity index (χ1) is 15.5. The summed E-state index contributed by atoms with van der Waals surface area (Å²) < 4.78 is 0. The van der Waals surface area contributed by atoms with E-state index in [4.69, 9.17) is 11.6 Å². The zero-order valence-corrected chi connectivity index (χ0v) is 19.2. The lowest BCUT2D eigenvalue weighted by atomic mass is 9.99. The molecule has 2 N–H and O–H groups in total. The van der Waals surface area contributed by atoms with Crippen molar-refractivity contribution in [1.29, 1.82) is 0 Å². The molecule has 0 spiro atoms. The van der Waals surface area contributed by atoms with Crippen molar-refractivity contribution in [3.63, 3.8) is 0 Å². The van der Waals surface area contributed by atoms with Crippen LogP contribution in [0.1, 0.15) is 44.7 Å². The summed E-state index contributed by atoms with van der Waals surface area (Å²) in [7, 11) is 0. The van der Waals surface area contributed by atoms with Gasteiger partial charge in [0.05, 0.1) is 0 Å². The average molecular weight is 470 g/mol. The van der Waals surface area contributed by atoms with Crippen LogP contribution < -0.4 is 10.6 Å². The van der Waals surface area contributed by atoms with Gasteiger partial charge in [0.25, 0.3) is 5.91 Å². The number of likely N-dealkylation sites (tertiary alicyclic amines) is 1. The fraction of sp³-hybridized carbons (Fsp3) is 0.304. The number of aryl methyl sites for hydroxylation is 1. The summed E-state index contributed by atoms with van der Waals surface area (Å²) in [6.07, 6.45) is 1.79. The van der Waals surface area contributed by atoms with Gasteiger partial charge in [-0.3, -0.25) is 4.79 Å². The minimum absolute atomic E-state index is 0.0686. The van der Waals surface area contributed by atoms with E-state index >= 15 is 0 Å². The van der Waals surface area contributed by atoms with E-state index in [1.54, 1.807) is 24.3 Å². The van der Waals surface area contributed by atoms with E-state index < -0.39 is 0 Å². The van der Waals surface area contributed by atoms with Gasteiger partial charge in [-0.1, -0.05) is 58.8 Å². The smallest absolute Gasteiger partial charge is 0.317 e. The number of anilines is 1. The fourth-order valence-corrected chi connectivity index (χ4v) is 4.66. The summed E-state index contributed by atoms with van der Waals surface area (Å²) >= 11 is 7.24. The maximum Gasteiger partial charge on any atom is 0.317 e. The van der Waals surface area contributed by atoms with E-state index in [0.29, 0.717) is 35.4 Å². The molecule has 1 saturated heterocycles. The number of carbonyl (C=O) groups excluding carboxylic acids is 2. The molecule has 0 bridgehead atoms. The minimum Gasteiger partial charge on any atom is -0.334 e. The molecule has 0 unspecified atom stereocenters. The number of aromatic nitrogens is 2. The van der Waals surface area contributed by atoms with Crippen LogP contribution in [0.15, 0.2) is 48.5 Å². The third-order valence-electron chi connectivity index (χ3n) is 5.34. The lowest BCUT2D eigenvalue weighted by molar-refractivity contribution is 0.102. The molecule has 32 heavy (non-hydrogen) atoms. The quantitative estimate of drug-likeness (QED) is 0.559. The van der Waals surface area contributed by atoms with Crippen molar-refractivity contribution in [2.24, 2.45) is 0 Å². The molecule has 1 aliphatic heterocycles. The normalized spacial score (nSPS) is 15.9. The predicted molar refractivity (Wildman–Crippen MR) is 126 cm³/mol. The molecule has 166 valence electrons. The molecule has 0 radical (unpaired) electrons. The molecule has 3 aromatic rings. The first kappa shape index (κ1) is 22.2. The first-order valence-corrected chi connectivity index (χ1v) is 11.7. The number of nitrogens with zero attached hydrogens (tertiary/aromatic N) is 3. The first-order valence-electron chi connectivity index (χ1n) is 10.5. The molecule has 0 saturated carbocycles. The Hall–Kier alpha value is -2.97. The highest BCUT2D eigenvalue weighted by Crippen LogP contribution is 2.29. The molecule has 3 amide bonds. The van der Waals surface area contributed by atoms with Crippen molar-refractivity contribution in [3.8, 4) is 0 Å². The van der Waals surface area contributed by atoms with Crippen molar-refractivity contribution in [3.05, 3.63) is 74.7 Å². The Labute approximate surface area is 195 Å². The summed E-state index contributed by atoms with van der Waals surface area (Å²) in [4.78, 5) is 27.0. The van der Waals surface area contributed by atoms with E-state index in [0.717, 1.165) is 23.4 Å². The monoisotopic (exact) mass is 469 g/mol. The molecule has 2 heterocycles. The molecule has 1 fully saturated rings. The van der Waals surface area contributed by atoms with Crippen LogP contribution in [0.3, 0.4) is 0 Å². The van der Waals surface area contributed by atoms with Gasteiger partial charge >= 0.3 is 6.03 Å². The molecule has 0 aliphatic carbocycles. The predicted octanol–water partition coefficient (Wildman–Crippen LogP) is 4.84. The summed E-state index contributed by atoms with van der Waals surface area (Å²) in [5.41, 5.74) is 2.86. The molecule has 1 atom stereocenters. The molecular weight excluding hydrogens is 446 g/mol. The molecule has 2 aromatic carbocycles. The Bertz CT molecular complexity index is 1100. The zero-order chi connectivity index (χ0) is 22.5. The number of piperidine rings is 1. The van der Waals surface area contributed by atoms with Crippen LogP contribution in [0.4, 0.5) is 10.5 Å². The van der Waals surface area contributed by atoms with Crippen LogP contribution in [0.25, 0.3) is 0 Å². The van der Waals surface area contributed by atoms with E-state index in [2.05, 4.69) is 20.8 Å². The van der Waals surface area contributed by atoms with E-state index in [1.807, 2.05) is 36.1 Å². The fourth-order valence-electron chi connectivity index (χ4n) is 3.60. The van der Waals surface area contributed by atoms with Gasteiger partial charge in [-0.2, -0.15) is 0 Å². The number of rotatable bonds is 5. The lowest BCUT2D eigenvalue weighted by Crippen LogP contribution is -2.44. The third-order valence-corrected chi connectivity index (χ3v) is 6.66. The van der Waals surface area contributed by atoms with Crippen LogP contribution in [0.2, 0.25) is 5.02 Å². The molecule has 9 heteroatoms. The highest BCUT2D eigenvalue weighted by atomic mass is 35.5. The van der Waals surface area contributed by atoms with Gasteiger partial charge in [0.2, 0.25) is 5.01 Å². The van der Waals surface area contributed by atoms with Crippen LogP contribution in [0, 0.1) is 6.92 Å². The van der Waals surface area contributed by atoms with Crippen LogP contribution in [-0.4, -0.2) is 40.1 Å². The Kier molecular flexibility index (Phi) is 7.02. The number of hydrogen-bond acceptors (Lipinski definition) is 5. The Morgan fingerprint density at radius 1 is 1.19 bits per heavy atom. The van der Waals surface area contributed by atoms with Crippen molar-refractivity contribution in [2.45, 2.75) is 32.2 Å². The van der Waals surface area contributed by atoms with Gasteiger partial charge in [0, 0.05) is 36.3 Å². The van der Waals surface area contributed by atoms with Gasteiger partial charge < -0.3 is 15.5 Å². The summed E-state index contributed by atoms with van der Waals surface area (Å²) in [5.74, 6) is -0.251. The number of amides is 3. The Morgan fingerprint density at radius 2 is 2.00 bits per heavy atom. The van der Waals surface area contributed by atoms with Crippen LogP contribution in [-0.2, 0) is 6.54 Å². The maximum absolute atomic E-state index is 12.7. The molecular formula is C23H24ClN5O2S. The molecule has 1 aromatic heterocycles. The third kappa shape index (κ3) is 5.63. The highest BCUT2D eigenvalue weighted by Gasteiger charge is 2.28. The summed E-state index contributed by atoms with van der Waals surface area (Å²) in [6, 6.07) is 15.0. The number of nitrogens with one attached hydrogen (secondary N) is 2. The number of halogens is 1. The second-order valence-electron chi connectivity index (χ2n) is 7.84. The van der Waals surface area contributed by atoms with Gasteiger partial charge in [-0.15, -0.1) is 10.2 Å². The topological polar surface area (TPSA) is 87.2 Å². The largest absolute Gasteiger partial charge is 0.334 e. The van der Waals surface area contributed by atoms with Crippen molar-refractivity contribution in [1.82, 2.24) is 20.4 Å². The van der Waals surface area contributed by atoms with Gasteiger partial charge in [-0.05, 0) is 43.5 Å². The molecule has 1 aliphatic rings. The number of hydrogen-bond donors (Lipinski definition) is 2. The van der Waals surface area contributed by atoms with Crippen LogP contribution >= 0.6 is 22.9 Å². The number of carbonyl (C=O) groups is 2. The van der Waals surface area contributed by atoms with E-state index in [1.165, 1.54) is 16.9 Å². The SMILES string of the molecule is Cc1ccc(CNC(=O)N2CCC[C@H](c3nnc(C(=O)Nc4cccc(Cl)c4)s3)C2)cc1. The van der Waals surface area contributed by atoms with Crippen LogP contribution in [0.5, 0.6) is 0 Å². The average Bonchev–Trinajstić information content (AvgIpc) is 3.29. The van der Waals surface area contributed by atoms with Gasteiger partial charge in [0.1, 0.15) is 5.01 Å². The molecule has 7 nitrogen and oxygen atoms in total. The molecule has 4 rings (SSSR count). The van der Waals surface area contributed by atoms with Crippen molar-refractivity contribution >= 4 is 40.6 Å².